The summed E-state index contributed by atoms with van der Waals surface area (Å²) in [7, 11) is 0. The Balaban J connectivity index is 1.66. The number of benzene rings is 1. The molecule has 1 N–H and O–H groups in total. The van der Waals surface area contributed by atoms with E-state index < -0.39 is 0 Å². The summed E-state index contributed by atoms with van der Waals surface area (Å²) < 4.78 is 0. The number of rotatable bonds is 4. The first kappa shape index (κ1) is 18.5. The van der Waals surface area contributed by atoms with E-state index in [1.807, 2.05) is 39.0 Å². The summed E-state index contributed by atoms with van der Waals surface area (Å²) in [6, 6.07) is 7.21. The van der Waals surface area contributed by atoms with Crippen molar-refractivity contribution in [2.45, 2.75) is 39.7 Å². The maximum absolute atomic E-state index is 12.7. The Bertz CT molecular complexity index is 813. The molecule has 0 aliphatic carbocycles. The zero-order chi connectivity index (χ0) is 18.8. The third-order valence-corrected chi connectivity index (χ3v) is 5.24. The van der Waals surface area contributed by atoms with Crippen molar-refractivity contribution in [3.63, 3.8) is 0 Å². The van der Waals surface area contributed by atoms with E-state index in [1.54, 1.807) is 15.9 Å². The molecule has 7 heteroatoms. The predicted octanol–water partition coefficient (Wildman–Crippen LogP) is 2.88. The van der Waals surface area contributed by atoms with Gasteiger partial charge in [0.25, 0.3) is 0 Å². The molecule has 138 valence electrons. The first-order valence-electron chi connectivity index (χ1n) is 8.73. The number of carbonyl (C=O) groups is 2. The molecular formula is C19H23ClN4O2. The van der Waals surface area contributed by atoms with E-state index in [1.165, 1.54) is 0 Å². The molecule has 26 heavy (non-hydrogen) atoms. The predicted molar refractivity (Wildman–Crippen MR) is 101 cm³/mol. The molecule has 0 bridgehead atoms. The van der Waals surface area contributed by atoms with Gasteiger partial charge < -0.3 is 9.80 Å². The van der Waals surface area contributed by atoms with Gasteiger partial charge in [0.2, 0.25) is 11.8 Å². The van der Waals surface area contributed by atoms with Crippen LogP contribution in [0.15, 0.2) is 24.3 Å². The molecule has 0 spiro atoms. The zero-order valence-corrected chi connectivity index (χ0v) is 16.0. The SMILES string of the molecule is Cc1n[nH]c(C)c1CCC(=O)N1CC(=O)N(c2ccccc2Cl)C[C@H]1C. The number of nitrogens with zero attached hydrogens (tertiary/aromatic N) is 3. The Labute approximate surface area is 158 Å². The van der Waals surface area contributed by atoms with Crippen LogP contribution in [0.5, 0.6) is 0 Å². The molecule has 1 atom stereocenters. The van der Waals surface area contributed by atoms with Crippen molar-refractivity contribution in [3.05, 3.63) is 46.2 Å². The van der Waals surface area contributed by atoms with E-state index in [0.29, 0.717) is 30.1 Å². The summed E-state index contributed by atoms with van der Waals surface area (Å²) in [6.07, 6.45) is 0.990. The van der Waals surface area contributed by atoms with Crippen molar-refractivity contribution < 1.29 is 9.59 Å². The fourth-order valence-corrected chi connectivity index (χ4v) is 3.64. The number of anilines is 1. The van der Waals surface area contributed by atoms with Gasteiger partial charge in [0.05, 0.1) is 16.4 Å². The van der Waals surface area contributed by atoms with Gasteiger partial charge in [0, 0.05) is 24.7 Å². The Kier molecular flexibility index (Phi) is 5.32. The third kappa shape index (κ3) is 3.60. The Morgan fingerprint density at radius 1 is 1.35 bits per heavy atom. The molecule has 1 fully saturated rings. The lowest BCUT2D eigenvalue weighted by Gasteiger charge is -2.39. The normalized spacial score (nSPS) is 17.7. The van der Waals surface area contributed by atoms with Crippen molar-refractivity contribution in [1.82, 2.24) is 15.1 Å². The topological polar surface area (TPSA) is 69.3 Å². The maximum atomic E-state index is 12.7. The second kappa shape index (κ2) is 7.50. The van der Waals surface area contributed by atoms with Crippen molar-refractivity contribution in [2.24, 2.45) is 0 Å². The Hall–Kier alpha value is -2.34. The van der Waals surface area contributed by atoms with Crippen molar-refractivity contribution in [2.75, 3.05) is 18.0 Å². The average molecular weight is 375 g/mol. The number of nitrogens with one attached hydrogen (secondary N) is 1. The number of aryl methyl sites for hydroxylation is 2. The molecule has 0 saturated carbocycles. The van der Waals surface area contributed by atoms with E-state index in [0.717, 1.165) is 17.0 Å². The van der Waals surface area contributed by atoms with Crippen LogP contribution in [-0.2, 0) is 16.0 Å². The van der Waals surface area contributed by atoms with Crippen LogP contribution in [0.25, 0.3) is 0 Å². The number of hydrogen-bond acceptors (Lipinski definition) is 3. The van der Waals surface area contributed by atoms with Gasteiger partial charge in [-0.1, -0.05) is 23.7 Å². The number of carbonyl (C=O) groups excluding carboxylic acids is 2. The lowest BCUT2D eigenvalue weighted by molar-refractivity contribution is -0.139. The Morgan fingerprint density at radius 3 is 2.73 bits per heavy atom. The summed E-state index contributed by atoms with van der Waals surface area (Å²) in [5, 5.41) is 7.64. The number of H-pyrrole nitrogens is 1. The molecule has 0 unspecified atom stereocenters. The molecule has 1 aliphatic heterocycles. The number of amides is 2. The summed E-state index contributed by atoms with van der Waals surface area (Å²) in [5.41, 5.74) is 3.68. The van der Waals surface area contributed by atoms with E-state index in [9.17, 15) is 9.59 Å². The minimum absolute atomic E-state index is 0.00958. The second-order valence-electron chi connectivity index (χ2n) is 6.74. The minimum atomic E-state index is -0.111. The van der Waals surface area contributed by atoms with Crippen LogP contribution in [-0.4, -0.2) is 46.0 Å². The minimum Gasteiger partial charge on any atom is -0.329 e. The van der Waals surface area contributed by atoms with Crippen LogP contribution in [0, 0.1) is 13.8 Å². The van der Waals surface area contributed by atoms with E-state index in [-0.39, 0.29) is 24.4 Å². The largest absolute Gasteiger partial charge is 0.329 e. The van der Waals surface area contributed by atoms with Gasteiger partial charge >= 0.3 is 0 Å². The first-order chi connectivity index (χ1) is 12.4. The fraction of sp³-hybridized carbons (Fsp3) is 0.421. The highest BCUT2D eigenvalue weighted by Crippen LogP contribution is 2.28. The van der Waals surface area contributed by atoms with Crippen molar-refractivity contribution >= 4 is 29.1 Å². The standard InChI is InChI=1S/C19H23ClN4O2/c1-12-10-24(17-7-5-4-6-16(17)20)19(26)11-23(12)18(25)9-8-15-13(2)21-22-14(15)3/h4-7,12H,8-11H2,1-3H3,(H,21,22)/t12-/m1/s1. The molecule has 2 aromatic rings. The molecular weight excluding hydrogens is 352 g/mol. The lowest BCUT2D eigenvalue weighted by Crippen LogP contribution is -2.57. The number of hydrogen-bond donors (Lipinski definition) is 1. The van der Waals surface area contributed by atoms with Crippen LogP contribution in [0.2, 0.25) is 5.02 Å². The molecule has 6 nitrogen and oxygen atoms in total. The van der Waals surface area contributed by atoms with E-state index >= 15 is 0 Å². The number of para-hydroxylation sites is 1. The van der Waals surface area contributed by atoms with Gasteiger partial charge in [-0.05, 0) is 44.9 Å². The van der Waals surface area contributed by atoms with E-state index in [4.69, 9.17) is 11.6 Å². The maximum Gasteiger partial charge on any atom is 0.246 e. The second-order valence-corrected chi connectivity index (χ2v) is 7.15. The lowest BCUT2D eigenvalue weighted by atomic mass is 10.1. The van der Waals surface area contributed by atoms with Crippen LogP contribution in [0.3, 0.4) is 0 Å². The summed E-state index contributed by atoms with van der Waals surface area (Å²) >= 11 is 6.22. The highest BCUT2D eigenvalue weighted by atomic mass is 35.5. The molecule has 3 rings (SSSR count). The summed E-state index contributed by atoms with van der Waals surface area (Å²) in [4.78, 5) is 28.6. The van der Waals surface area contributed by atoms with Gasteiger partial charge in [-0.15, -0.1) is 0 Å². The smallest absolute Gasteiger partial charge is 0.246 e. The van der Waals surface area contributed by atoms with Crippen molar-refractivity contribution in [3.8, 4) is 0 Å². The molecule has 2 amide bonds. The fourth-order valence-electron chi connectivity index (χ4n) is 3.41. The molecule has 1 saturated heterocycles. The number of aromatic amines is 1. The van der Waals surface area contributed by atoms with Gasteiger partial charge in [-0.2, -0.15) is 5.10 Å². The molecule has 1 aliphatic rings. The summed E-state index contributed by atoms with van der Waals surface area (Å²) in [6.45, 7) is 6.36. The van der Waals surface area contributed by atoms with Gasteiger partial charge in [0.15, 0.2) is 0 Å². The van der Waals surface area contributed by atoms with Gasteiger partial charge in [-0.25, -0.2) is 0 Å². The monoisotopic (exact) mass is 374 g/mol. The third-order valence-electron chi connectivity index (χ3n) is 4.92. The van der Waals surface area contributed by atoms with Gasteiger partial charge in [0.1, 0.15) is 6.54 Å². The molecule has 0 radical (unpaired) electrons. The molecule has 1 aromatic carbocycles. The quantitative estimate of drug-likeness (QED) is 0.894. The van der Waals surface area contributed by atoms with Crippen LogP contribution in [0.4, 0.5) is 5.69 Å². The number of piperazine rings is 1. The average Bonchev–Trinajstić information content (AvgIpc) is 2.93. The number of aromatic nitrogens is 2. The summed E-state index contributed by atoms with van der Waals surface area (Å²) in [5.74, 6) is -0.120. The Morgan fingerprint density at radius 2 is 2.08 bits per heavy atom. The number of halogens is 1. The van der Waals surface area contributed by atoms with E-state index in [2.05, 4.69) is 10.2 Å². The van der Waals surface area contributed by atoms with Crippen LogP contribution in [0.1, 0.15) is 30.3 Å². The van der Waals surface area contributed by atoms with Crippen molar-refractivity contribution in [1.29, 1.82) is 0 Å². The first-order valence-corrected chi connectivity index (χ1v) is 9.11. The molecule has 2 heterocycles. The zero-order valence-electron chi connectivity index (χ0n) is 15.3. The molecule has 1 aromatic heterocycles. The highest BCUT2D eigenvalue weighted by molar-refractivity contribution is 6.33. The van der Waals surface area contributed by atoms with Crippen LogP contribution >= 0.6 is 11.6 Å². The highest BCUT2D eigenvalue weighted by Gasteiger charge is 2.33. The van der Waals surface area contributed by atoms with Crippen LogP contribution < -0.4 is 4.90 Å². The van der Waals surface area contributed by atoms with Gasteiger partial charge in [-0.3, -0.25) is 14.7 Å².